The van der Waals surface area contributed by atoms with Crippen LogP contribution in [0.5, 0.6) is 5.75 Å². The van der Waals surface area contributed by atoms with Gasteiger partial charge in [-0.15, -0.1) is 0 Å². The Balaban J connectivity index is 1.96. The number of hydrogen-bond acceptors (Lipinski definition) is 2. The summed E-state index contributed by atoms with van der Waals surface area (Å²) in [6.07, 6.45) is 0. The molecular weight excluding hydrogens is 298 g/mol. The van der Waals surface area contributed by atoms with Crippen molar-refractivity contribution in [3.8, 4) is 5.75 Å². The van der Waals surface area contributed by atoms with Gasteiger partial charge in [0.25, 0.3) is 5.91 Å². The highest BCUT2D eigenvalue weighted by Crippen LogP contribution is 2.31. The van der Waals surface area contributed by atoms with Crippen LogP contribution >= 0.6 is 0 Å². The molecular formula is C21H23NO2. The van der Waals surface area contributed by atoms with Crippen molar-refractivity contribution in [2.45, 2.75) is 40.8 Å². The number of phenols is 1. The van der Waals surface area contributed by atoms with Crippen LogP contribution in [0.4, 0.5) is 0 Å². The third kappa shape index (κ3) is 2.71. The summed E-state index contributed by atoms with van der Waals surface area (Å²) in [5, 5.41) is 9.78. The fourth-order valence-corrected chi connectivity index (χ4v) is 3.55. The summed E-state index contributed by atoms with van der Waals surface area (Å²) in [6, 6.07) is 7.53. The summed E-state index contributed by atoms with van der Waals surface area (Å²) in [6.45, 7) is 13.1. The van der Waals surface area contributed by atoms with E-state index in [0.29, 0.717) is 13.1 Å². The average molecular weight is 321 g/mol. The fraction of sp³-hybridized carbons (Fsp3) is 0.286. The Bertz CT molecular complexity index is 865. The molecule has 24 heavy (non-hydrogen) atoms. The second-order valence-corrected chi connectivity index (χ2v) is 6.82. The third-order valence-electron chi connectivity index (χ3n) is 4.81. The Morgan fingerprint density at radius 1 is 1.00 bits per heavy atom. The van der Waals surface area contributed by atoms with Gasteiger partial charge in [-0.3, -0.25) is 4.79 Å². The highest BCUT2D eigenvalue weighted by atomic mass is 16.3. The zero-order chi connectivity index (χ0) is 17.6. The Hall–Kier alpha value is -2.55. The normalized spacial score (nSPS) is 13.1. The van der Waals surface area contributed by atoms with Crippen LogP contribution in [0.1, 0.15) is 50.7 Å². The van der Waals surface area contributed by atoms with Crippen LogP contribution in [-0.4, -0.2) is 15.9 Å². The summed E-state index contributed by atoms with van der Waals surface area (Å²) in [5.74, 6) is 0.293. The lowest BCUT2D eigenvalue weighted by molar-refractivity contribution is 0.0750. The molecule has 1 aliphatic heterocycles. The number of carbonyl (C=O) groups is 1. The number of allylic oxidation sites excluding steroid dienone is 1. The number of amides is 1. The minimum absolute atomic E-state index is 0.0325. The van der Waals surface area contributed by atoms with Gasteiger partial charge in [-0.05, 0) is 79.3 Å². The highest BCUT2D eigenvalue weighted by molar-refractivity contribution is 5.97. The van der Waals surface area contributed by atoms with Crippen molar-refractivity contribution in [2.24, 2.45) is 0 Å². The molecule has 0 radical (unpaired) electrons. The van der Waals surface area contributed by atoms with Crippen LogP contribution in [0.15, 0.2) is 30.8 Å². The van der Waals surface area contributed by atoms with Crippen LogP contribution < -0.4 is 0 Å². The zero-order valence-corrected chi connectivity index (χ0v) is 14.7. The molecule has 0 aliphatic carbocycles. The lowest BCUT2D eigenvalue weighted by atomic mass is 9.95. The molecule has 1 aliphatic rings. The molecule has 3 rings (SSSR count). The first-order chi connectivity index (χ1) is 11.3. The molecule has 0 unspecified atom stereocenters. The summed E-state index contributed by atoms with van der Waals surface area (Å²) < 4.78 is 0. The first-order valence-electron chi connectivity index (χ1n) is 8.15. The average Bonchev–Trinajstić information content (AvgIpc) is 2.90. The molecule has 124 valence electrons. The lowest BCUT2D eigenvalue weighted by Gasteiger charge is -2.19. The van der Waals surface area contributed by atoms with Gasteiger partial charge in [0.05, 0.1) is 0 Å². The minimum atomic E-state index is 0.0325. The van der Waals surface area contributed by atoms with E-state index in [1.54, 1.807) is 12.1 Å². The Morgan fingerprint density at radius 2 is 1.67 bits per heavy atom. The molecule has 0 saturated carbocycles. The van der Waals surface area contributed by atoms with E-state index in [1.165, 1.54) is 0 Å². The lowest BCUT2D eigenvalue weighted by Crippen LogP contribution is -2.26. The van der Waals surface area contributed by atoms with Crippen LogP contribution in [0, 0.1) is 20.8 Å². The van der Waals surface area contributed by atoms with Crippen LogP contribution in [-0.2, 0) is 13.1 Å². The van der Waals surface area contributed by atoms with E-state index in [2.05, 4.69) is 12.6 Å². The second kappa shape index (κ2) is 5.82. The summed E-state index contributed by atoms with van der Waals surface area (Å²) in [5.41, 5.74) is 8.06. The summed E-state index contributed by atoms with van der Waals surface area (Å²) >= 11 is 0. The van der Waals surface area contributed by atoms with E-state index in [4.69, 9.17) is 0 Å². The van der Waals surface area contributed by atoms with Crippen molar-refractivity contribution in [1.82, 2.24) is 4.90 Å². The van der Waals surface area contributed by atoms with E-state index in [-0.39, 0.29) is 11.7 Å². The van der Waals surface area contributed by atoms with E-state index < -0.39 is 0 Å². The molecule has 2 aromatic rings. The maximum Gasteiger partial charge on any atom is 0.254 e. The van der Waals surface area contributed by atoms with Crippen molar-refractivity contribution in [1.29, 1.82) is 0 Å². The standard InChI is InChI=1S/C21H23NO2/c1-12(2)18-9-19(14(4)6-13(18)3)21(24)22-10-16-8-17(23)7-15(5)20(16)11-22/h6-9,23H,1,10-11H2,2-5H3. The largest absolute Gasteiger partial charge is 0.508 e. The molecule has 1 amide bonds. The van der Waals surface area contributed by atoms with Crippen molar-refractivity contribution in [3.05, 3.63) is 69.8 Å². The van der Waals surface area contributed by atoms with Crippen molar-refractivity contribution in [2.75, 3.05) is 0 Å². The molecule has 0 aromatic heterocycles. The molecule has 0 bridgehead atoms. The molecule has 0 saturated heterocycles. The van der Waals surface area contributed by atoms with E-state index in [9.17, 15) is 9.90 Å². The smallest absolute Gasteiger partial charge is 0.254 e. The predicted octanol–water partition coefficient (Wildman–Crippen LogP) is 4.51. The first kappa shape index (κ1) is 16.3. The van der Waals surface area contributed by atoms with E-state index in [1.807, 2.05) is 38.7 Å². The van der Waals surface area contributed by atoms with Gasteiger partial charge in [-0.1, -0.05) is 18.2 Å². The highest BCUT2D eigenvalue weighted by Gasteiger charge is 2.27. The number of benzene rings is 2. The molecule has 0 atom stereocenters. The molecule has 0 fully saturated rings. The van der Waals surface area contributed by atoms with Gasteiger partial charge in [0, 0.05) is 18.7 Å². The minimum Gasteiger partial charge on any atom is -0.508 e. The third-order valence-corrected chi connectivity index (χ3v) is 4.81. The SMILES string of the molecule is C=C(C)c1cc(C(=O)N2Cc3cc(O)cc(C)c3C2)c(C)cc1C. The molecule has 3 nitrogen and oxygen atoms in total. The second-order valence-electron chi connectivity index (χ2n) is 6.82. The van der Waals surface area contributed by atoms with Crippen LogP contribution in [0.2, 0.25) is 0 Å². The number of fused-ring (bicyclic) bond motifs is 1. The van der Waals surface area contributed by atoms with Gasteiger partial charge in [0.15, 0.2) is 0 Å². The molecule has 2 aromatic carbocycles. The summed E-state index contributed by atoms with van der Waals surface area (Å²) in [4.78, 5) is 14.9. The quantitative estimate of drug-likeness (QED) is 0.884. The fourth-order valence-electron chi connectivity index (χ4n) is 3.55. The topological polar surface area (TPSA) is 40.5 Å². The number of aromatic hydroxyl groups is 1. The van der Waals surface area contributed by atoms with Crippen LogP contribution in [0.25, 0.3) is 5.57 Å². The first-order valence-corrected chi connectivity index (χ1v) is 8.15. The maximum atomic E-state index is 13.1. The number of nitrogens with zero attached hydrogens (tertiary/aromatic N) is 1. The predicted molar refractivity (Wildman–Crippen MR) is 97.0 cm³/mol. The Morgan fingerprint density at radius 3 is 2.33 bits per heavy atom. The monoisotopic (exact) mass is 321 g/mol. The summed E-state index contributed by atoms with van der Waals surface area (Å²) in [7, 11) is 0. The Kier molecular flexibility index (Phi) is 3.96. The molecule has 0 spiro atoms. The van der Waals surface area contributed by atoms with E-state index in [0.717, 1.165) is 44.5 Å². The Labute approximate surface area is 143 Å². The van der Waals surface area contributed by atoms with Crippen LogP contribution in [0.3, 0.4) is 0 Å². The molecule has 1 N–H and O–H groups in total. The van der Waals surface area contributed by atoms with Gasteiger partial charge in [0.1, 0.15) is 5.75 Å². The zero-order valence-electron chi connectivity index (χ0n) is 14.7. The number of hydrogen-bond donors (Lipinski definition) is 1. The van der Waals surface area contributed by atoms with Crippen molar-refractivity contribution < 1.29 is 9.90 Å². The molecule has 3 heteroatoms. The number of phenolic OH excluding ortho intramolecular Hbond substituents is 1. The van der Waals surface area contributed by atoms with Gasteiger partial charge in [0.2, 0.25) is 0 Å². The van der Waals surface area contributed by atoms with Crippen molar-refractivity contribution in [3.63, 3.8) is 0 Å². The maximum absolute atomic E-state index is 13.1. The van der Waals surface area contributed by atoms with Gasteiger partial charge >= 0.3 is 0 Å². The van der Waals surface area contributed by atoms with E-state index >= 15 is 0 Å². The molecule has 1 heterocycles. The van der Waals surface area contributed by atoms with Gasteiger partial charge in [-0.2, -0.15) is 0 Å². The van der Waals surface area contributed by atoms with Crippen molar-refractivity contribution >= 4 is 11.5 Å². The number of rotatable bonds is 2. The van der Waals surface area contributed by atoms with Gasteiger partial charge in [-0.25, -0.2) is 0 Å². The number of aryl methyl sites for hydroxylation is 3. The number of carbonyl (C=O) groups excluding carboxylic acids is 1. The van der Waals surface area contributed by atoms with Gasteiger partial charge < -0.3 is 10.0 Å².